The zero-order valence-electron chi connectivity index (χ0n) is 11.1. The molecule has 1 fully saturated rings. The number of allylic oxidation sites excluding steroid dienone is 2. The number of rotatable bonds is 0. The van der Waals surface area contributed by atoms with Gasteiger partial charge in [0.25, 0.3) is 0 Å². The monoisotopic (exact) mass is 320 g/mol. The van der Waals surface area contributed by atoms with Gasteiger partial charge < -0.3 is 14.6 Å². The van der Waals surface area contributed by atoms with Crippen molar-refractivity contribution in [2.45, 2.75) is 37.6 Å². The lowest BCUT2D eigenvalue weighted by atomic mass is 9.96. The molecule has 3 rings (SSSR count). The first-order valence-corrected chi connectivity index (χ1v) is 7.55. The van der Waals surface area contributed by atoms with Crippen molar-refractivity contribution in [3.05, 3.63) is 34.8 Å². The molecule has 0 spiro atoms. The molecule has 0 radical (unpaired) electrons. The number of thioether (sulfide) groups is 1. The van der Waals surface area contributed by atoms with Crippen molar-refractivity contribution < 1.29 is 27.8 Å². The number of carbonyl (C=O) groups excluding carboxylic acids is 1. The van der Waals surface area contributed by atoms with Crippen LogP contribution in [0.3, 0.4) is 0 Å². The molecule has 0 amide bonds. The number of carboxylic acid groups (broad SMARTS) is 1. The van der Waals surface area contributed by atoms with Crippen LogP contribution >= 0.6 is 11.8 Å². The second kappa shape index (κ2) is 6.70. The Morgan fingerprint density at radius 3 is 2.76 bits per heavy atom. The number of aliphatic carboxylic acids is 1. The molecular weight excluding hydrogens is 305 g/mol. The van der Waals surface area contributed by atoms with Crippen LogP contribution in [-0.4, -0.2) is 34.8 Å². The van der Waals surface area contributed by atoms with E-state index in [2.05, 4.69) is 24.3 Å². The largest absolute Gasteiger partial charge is 0.542 e. The molecule has 0 aromatic rings. The molecule has 21 heavy (non-hydrogen) atoms. The molecule has 1 saturated heterocycles. The first kappa shape index (κ1) is 16.2. The Labute approximate surface area is 124 Å². The molecular formula is C14H15F3O3S. The maximum Gasteiger partial charge on any atom is 0.430 e. The van der Waals surface area contributed by atoms with E-state index in [4.69, 9.17) is 14.6 Å². The second-order valence-corrected chi connectivity index (χ2v) is 6.00. The van der Waals surface area contributed by atoms with Gasteiger partial charge in [-0.3, -0.25) is 0 Å². The molecule has 3 nitrogen and oxygen atoms in total. The number of alkyl halides is 3. The van der Waals surface area contributed by atoms with Gasteiger partial charge in [0.2, 0.25) is 0 Å². The third-order valence-electron chi connectivity index (χ3n) is 3.29. The lowest BCUT2D eigenvalue weighted by Crippen LogP contribution is -2.37. The number of aliphatic hydroxyl groups is 2. The van der Waals surface area contributed by atoms with E-state index in [-0.39, 0.29) is 0 Å². The summed E-state index contributed by atoms with van der Waals surface area (Å²) in [6.07, 6.45) is 8.50. The van der Waals surface area contributed by atoms with E-state index in [1.165, 1.54) is 29.1 Å². The van der Waals surface area contributed by atoms with E-state index in [1.807, 2.05) is 11.8 Å². The van der Waals surface area contributed by atoms with Crippen molar-refractivity contribution in [1.29, 1.82) is 0 Å². The minimum atomic E-state index is -5.19. The van der Waals surface area contributed by atoms with Gasteiger partial charge >= 0.3 is 6.18 Å². The molecule has 7 heteroatoms. The highest BCUT2D eigenvalue weighted by Gasteiger charge is 2.34. The Kier molecular flexibility index (Phi) is 5.16. The van der Waals surface area contributed by atoms with Crippen LogP contribution in [0.1, 0.15) is 19.3 Å². The number of ether oxygens (including phenoxy) is 1. The van der Waals surface area contributed by atoms with Crippen molar-refractivity contribution in [1.82, 2.24) is 0 Å². The lowest BCUT2D eigenvalue weighted by Gasteiger charge is -2.31. The van der Waals surface area contributed by atoms with E-state index in [1.54, 1.807) is 0 Å². The number of halogens is 3. The Morgan fingerprint density at radius 1 is 1.38 bits per heavy atom. The summed E-state index contributed by atoms with van der Waals surface area (Å²) < 4.78 is 36.5. The molecule has 0 bridgehead atoms. The summed E-state index contributed by atoms with van der Waals surface area (Å²) in [5.74, 6) is -1.72. The Bertz CT molecular complexity index is 494. The first-order valence-electron chi connectivity index (χ1n) is 6.57. The highest BCUT2D eigenvalue weighted by molar-refractivity contribution is 8.03. The zero-order valence-corrected chi connectivity index (χ0v) is 11.9. The third kappa shape index (κ3) is 4.38. The maximum atomic E-state index is 10.5. The van der Waals surface area contributed by atoms with Gasteiger partial charge in [0.1, 0.15) is 5.97 Å². The Morgan fingerprint density at radius 2 is 2.10 bits per heavy atom. The van der Waals surface area contributed by atoms with Crippen LogP contribution in [0.5, 0.6) is 0 Å². The summed E-state index contributed by atoms with van der Waals surface area (Å²) in [5, 5.41) is 8.78. The van der Waals surface area contributed by atoms with Crippen LogP contribution in [0.25, 0.3) is 0 Å². The van der Waals surface area contributed by atoms with Crippen molar-refractivity contribution in [2.24, 2.45) is 0 Å². The summed E-state index contributed by atoms with van der Waals surface area (Å²) >= 11 is 2.01. The highest BCUT2D eigenvalue weighted by atomic mass is 32.2. The van der Waals surface area contributed by atoms with Crippen LogP contribution in [-0.2, 0) is 4.79 Å². The second-order valence-electron chi connectivity index (χ2n) is 4.83. The molecule has 1 N–H and O–H groups in total. The predicted molar refractivity (Wildman–Crippen MR) is 72.5 cm³/mol. The molecule has 2 heterocycles. The molecule has 0 aromatic heterocycles. The van der Waals surface area contributed by atoms with Gasteiger partial charge in [-0.25, -0.2) is 0 Å². The van der Waals surface area contributed by atoms with Gasteiger partial charge in [-0.2, -0.15) is 13.2 Å². The number of carboxylic acids is 1. The van der Waals surface area contributed by atoms with Gasteiger partial charge in [-0.15, -0.1) is 11.8 Å². The standard InChI is InChI=1S/C12H14OS.C2HF3O2/c1-2-5-10-9(4-1)8-12-11(13-10)6-3-7-14-12;3-2(4,5)1(6)7/h1-2,4,8,10-11H,3,5-7H2;(H,6,7). The lowest BCUT2D eigenvalue weighted by molar-refractivity contribution is -0.344. The topological polar surface area (TPSA) is 52.9 Å². The summed E-state index contributed by atoms with van der Waals surface area (Å²) in [6, 6.07) is 0. The van der Waals surface area contributed by atoms with E-state index in [9.17, 15) is 13.2 Å². The Hall–Kier alpha value is -1.21. The van der Waals surface area contributed by atoms with Gasteiger partial charge in [0, 0.05) is 18.4 Å². The van der Waals surface area contributed by atoms with Crippen LogP contribution in [0, 0.1) is 0 Å². The van der Waals surface area contributed by atoms with E-state index in [0.717, 1.165) is 6.42 Å². The predicted octanol–water partition coefficient (Wildman–Crippen LogP) is 1.86. The minimum absolute atomic E-state index is 0.465. The number of hydrogen-bond donors (Lipinski definition) is 0. The van der Waals surface area contributed by atoms with E-state index in [0.29, 0.717) is 12.2 Å². The van der Waals surface area contributed by atoms with Crippen molar-refractivity contribution in [2.75, 3.05) is 5.75 Å². The Balaban J connectivity index is 0.000000199. The normalized spacial score (nSPS) is 27.4. The van der Waals surface area contributed by atoms with Gasteiger partial charge in [-0.1, -0.05) is 18.2 Å². The summed E-state index contributed by atoms with van der Waals surface area (Å²) in [4.78, 5) is 10.3. The minimum Gasteiger partial charge on any atom is -0.542 e. The van der Waals surface area contributed by atoms with Crippen LogP contribution in [0.4, 0.5) is 13.2 Å². The number of carbonyl (C=O) groups is 1. The highest BCUT2D eigenvalue weighted by Crippen LogP contribution is 2.37. The van der Waals surface area contributed by atoms with Gasteiger partial charge in [0.15, 0.2) is 12.2 Å². The summed E-state index contributed by atoms with van der Waals surface area (Å²) in [5.41, 5.74) is 1.42. The quantitative estimate of drug-likeness (QED) is 0.640. The fourth-order valence-corrected chi connectivity index (χ4v) is 3.43. The fourth-order valence-electron chi connectivity index (χ4n) is 2.30. The first-order chi connectivity index (χ1) is 9.88. The summed E-state index contributed by atoms with van der Waals surface area (Å²) in [7, 11) is 0. The average molecular weight is 320 g/mol. The molecule has 0 aromatic carbocycles. The van der Waals surface area contributed by atoms with E-state index < -0.39 is 12.1 Å². The molecule has 116 valence electrons. The van der Waals surface area contributed by atoms with Crippen molar-refractivity contribution in [3.8, 4) is 0 Å². The summed E-state index contributed by atoms with van der Waals surface area (Å²) in [6.45, 7) is 0. The van der Waals surface area contributed by atoms with Crippen LogP contribution < -0.4 is 5.11 Å². The van der Waals surface area contributed by atoms with Gasteiger partial charge in [0.05, 0.1) is 4.91 Å². The van der Waals surface area contributed by atoms with Crippen LogP contribution in [0.2, 0.25) is 0 Å². The maximum absolute atomic E-state index is 10.5. The number of fused-ring (bicyclic) bond motifs is 2. The molecule has 3 aliphatic rings. The van der Waals surface area contributed by atoms with E-state index >= 15 is 0 Å². The molecule has 2 aliphatic heterocycles. The SMILES string of the molecule is C1=CCC2[OH+]C3CCCSC3=CC2=C1.O=C([O-])C(F)(F)F. The molecule has 0 saturated carbocycles. The average Bonchev–Trinajstić information content (AvgIpc) is 2.44. The molecule has 2 unspecified atom stereocenters. The zero-order chi connectivity index (χ0) is 15.5. The van der Waals surface area contributed by atoms with Crippen molar-refractivity contribution >= 4 is 17.7 Å². The smallest absolute Gasteiger partial charge is 0.430 e. The van der Waals surface area contributed by atoms with Crippen molar-refractivity contribution in [3.63, 3.8) is 0 Å². The molecule has 1 aliphatic carbocycles. The molecule has 2 atom stereocenters. The number of hydrogen-bond acceptors (Lipinski definition) is 3. The fraction of sp³-hybridized carbons (Fsp3) is 0.500. The third-order valence-corrected chi connectivity index (χ3v) is 4.50. The van der Waals surface area contributed by atoms with Crippen LogP contribution in [0.15, 0.2) is 34.8 Å². The van der Waals surface area contributed by atoms with Gasteiger partial charge in [-0.05, 0) is 18.2 Å².